The van der Waals surface area contributed by atoms with Crippen LogP contribution in [-0.2, 0) is 49.5 Å². The van der Waals surface area contributed by atoms with Gasteiger partial charge >= 0.3 is 5.97 Å². The Morgan fingerprint density at radius 1 is 1.05 bits per heavy atom. The number of fused-ring (bicyclic) bond motifs is 5. The number of amides is 2. The number of ketones is 1. The van der Waals surface area contributed by atoms with Crippen LogP contribution in [0.2, 0.25) is 0 Å². The summed E-state index contributed by atoms with van der Waals surface area (Å²) < 4.78 is 32.2. The summed E-state index contributed by atoms with van der Waals surface area (Å²) in [5.74, 6) is -4.74. The number of ether oxygens (including phenoxy) is 5. The molecule has 0 aromatic heterocycles. The van der Waals surface area contributed by atoms with Crippen molar-refractivity contribution in [2.75, 3.05) is 27.3 Å². The Morgan fingerprint density at radius 3 is 2.35 bits per heavy atom. The predicted octanol–water partition coefficient (Wildman–Crippen LogP) is 3.77. The molecule has 1 aromatic rings. The maximum atomic E-state index is 14.5. The summed E-state index contributed by atoms with van der Waals surface area (Å²) >= 11 is 0. The summed E-state index contributed by atoms with van der Waals surface area (Å²) in [6, 6.07) is 6.93. The van der Waals surface area contributed by atoms with Gasteiger partial charge < -0.3 is 49.0 Å². The number of benzene rings is 1. The third-order valence-electron chi connectivity index (χ3n) is 12.3. The molecule has 334 valence electrons. The van der Waals surface area contributed by atoms with Gasteiger partial charge in [0.2, 0.25) is 5.91 Å². The molecular formula is C44H66N4O12. The molecule has 2 bridgehead atoms. The predicted molar refractivity (Wildman–Crippen MR) is 221 cm³/mol. The molecule has 1 aliphatic carbocycles. The van der Waals surface area contributed by atoms with E-state index in [1.807, 2.05) is 32.8 Å². The first-order valence-corrected chi connectivity index (χ1v) is 21.3. The number of aliphatic hydroxyl groups excluding tert-OH is 1. The molecule has 2 amide bonds. The molecule has 3 N–H and O–H groups in total. The average molecular weight is 843 g/mol. The summed E-state index contributed by atoms with van der Waals surface area (Å²) in [4.78, 5) is 65.7. The van der Waals surface area contributed by atoms with E-state index < -0.39 is 77.3 Å². The molecule has 0 unspecified atom stereocenters. The number of hydrogen-bond acceptors (Lipinski definition) is 14. The highest BCUT2D eigenvalue weighted by Gasteiger charge is 2.52. The Bertz CT molecular complexity index is 1750. The molecule has 0 radical (unpaired) electrons. The second-order valence-electron chi connectivity index (χ2n) is 17.8. The molecule has 12 atom stereocenters. The number of oxime groups is 1. The average Bonchev–Trinajstić information content (AvgIpc) is 4.02. The van der Waals surface area contributed by atoms with Crippen LogP contribution >= 0.6 is 0 Å². The third kappa shape index (κ3) is 11.6. The fraction of sp³-hybridized carbons (Fsp3) is 0.727. The van der Waals surface area contributed by atoms with Crippen molar-refractivity contribution in [3.05, 3.63) is 35.4 Å². The number of likely N-dealkylation sites (N-methyl/N-ethyl adjacent to an activating group) is 1. The molecule has 16 nitrogen and oxygen atoms in total. The highest BCUT2D eigenvalue weighted by atomic mass is 16.7. The van der Waals surface area contributed by atoms with Gasteiger partial charge in [-0.05, 0) is 97.5 Å². The number of aliphatic hydroxyl groups is 2. The smallest absolute Gasteiger partial charge is 0.316 e. The summed E-state index contributed by atoms with van der Waals surface area (Å²) in [5.41, 5.74) is -1.27. The molecule has 4 aliphatic rings. The summed E-state index contributed by atoms with van der Waals surface area (Å²) in [7, 11) is 3.72. The minimum atomic E-state index is -1.84. The van der Waals surface area contributed by atoms with Gasteiger partial charge in [0.05, 0.1) is 37.1 Å². The fourth-order valence-electron chi connectivity index (χ4n) is 8.47. The number of carbonyl (C=O) groups excluding carboxylic acids is 4. The zero-order valence-corrected chi connectivity index (χ0v) is 36.8. The number of rotatable bonds is 9. The number of hydrogen-bond donors (Lipinski definition) is 3. The first-order valence-electron chi connectivity index (χ1n) is 21.3. The molecule has 0 spiro atoms. The van der Waals surface area contributed by atoms with Crippen LogP contribution in [0.25, 0.3) is 0 Å². The van der Waals surface area contributed by atoms with Crippen molar-refractivity contribution in [2.24, 2.45) is 27.9 Å². The number of Topliss-reactive ketones (excluding diaryl/α,β-unsaturated/α-hetero) is 1. The lowest BCUT2D eigenvalue weighted by atomic mass is 9.76. The van der Waals surface area contributed by atoms with Gasteiger partial charge in [-0.15, -0.1) is 0 Å². The van der Waals surface area contributed by atoms with E-state index in [1.54, 1.807) is 45.0 Å². The standard InChI is InChI=1S/C44H66N4O12/c1-11-35-44(8,54)36-19-33(45-28(6)49)24(2)20-43(7,56-23-32(22-55-36)47-57-21-29-12-14-30(15-13-29)40(52)46-31-16-17-31)39(26(4)37(50)27(5)41(53)59-35)60-42-38(51)34(48(9)10)18-25(3)58-42/h12-15,24-27,31,34-36,38-39,42,51,54H,11,16-23H2,1-10H3,(H,46,52)/b45-33?,47-32-/t24-,25-,26+,27-,34+,35+,36+,38-,39-,42+,43-,44-/m1/s1. The number of cyclic esters (lactones) is 1. The summed E-state index contributed by atoms with van der Waals surface area (Å²) in [5, 5.41) is 31.3. The molecule has 1 saturated carbocycles. The number of nitrogens with one attached hydrogen (secondary N) is 1. The zero-order valence-electron chi connectivity index (χ0n) is 36.8. The first kappa shape index (κ1) is 47.4. The van der Waals surface area contributed by atoms with Gasteiger partial charge in [0.15, 0.2) is 12.1 Å². The number of nitrogens with zero attached hydrogens (tertiary/aromatic N) is 3. The van der Waals surface area contributed by atoms with Gasteiger partial charge in [-0.25, -0.2) is 4.99 Å². The molecule has 60 heavy (non-hydrogen) atoms. The van der Waals surface area contributed by atoms with Crippen molar-refractivity contribution in [3.63, 3.8) is 0 Å². The van der Waals surface area contributed by atoms with Gasteiger partial charge in [-0.3, -0.25) is 19.2 Å². The highest BCUT2D eigenvalue weighted by molar-refractivity contribution is 6.00. The normalized spacial score (nSPS) is 37.5. The van der Waals surface area contributed by atoms with Crippen LogP contribution in [0.3, 0.4) is 0 Å². The minimum Gasteiger partial charge on any atom is -0.459 e. The third-order valence-corrected chi connectivity index (χ3v) is 12.3. The van der Waals surface area contributed by atoms with E-state index in [4.69, 9.17) is 28.5 Å². The Hall–Kier alpha value is -3.64. The summed E-state index contributed by atoms with van der Waals surface area (Å²) in [6.07, 6.45) is -3.17. The van der Waals surface area contributed by atoms with Crippen LogP contribution in [0.1, 0.15) is 110 Å². The van der Waals surface area contributed by atoms with Gasteiger partial charge in [-0.1, -0.05) is 38.1 Å². The van der Waals surface area contributed by atoms with Crippen molar-refractivity contribution in [1.29, 1.82) is 0 Å². The molecule has 3 heterocycles. The van der Waals surface area contributed by atoms with Gasteiger partial charge in [-0.2, -0.15) is 0 Å². The largest absolute Gasteiger partial charge is 0.459 e. The van der Waals surface area contributed by atoms with E-state index in [9.17, 15) is 29.4 Å². The van der Waals surface area contributed by atoms with E-state index in [0.717, 1.165) is 18.4 Å². The van der Waals surface area contributed by atoms with E-state index in [-0.39, 0.29) is 68.9 Å². The lowest BCUT2D eigenvalue weighted by molar-refractivity contribution is -0.296. The van der Waals surface area contributed by atoms with E-state index in [0.29, 0.717) is 17.7 Å². The first-order chi connectivity index (χ1) is 28.2. The van der Waals surface area contributed by atoms with Crippen LogP contribution in [-0.4, -0.2) is 138 Å². The van der Waals surface area contributed by atoms with Gasteiger partial charge in [0, 0.05) is 42.6 Å². The van der Waals surface area contributed by atoms with Crippen LogP contribution in [0, 0.1) is 17.8 Å². The fourth-order valence-corrected chi connectivity index (χ4v) is 8.47. The lowest BCUT2D eigenvalue weighted by Gasteiger charge is -2.47. The molecule has 5 rings (SSSR count). The van der Waals surface area contributed by atoms with E-state index in [1.165, 1.54) is 20.8 Å². The quantitative estimate of drug-likeness (QED) is 0.184. The maximum absolute atomic E-state index is 14.5. The van der Waals surface area contributed by atoms with Crippen molar-refractivity contribution in [2.45, 2.75) is 161 Å². The highest BCUT2D eigenvalue weighted by Crippen LogP contribution is 2.39. The minimum absolute atomic E-state index is 0.0330. The molecule has 3 aliphatic heterocycles. The van der Waals surface area contributed by atoms with Crippen LogP contribution < -0.4 is 5.32 Å². The molecule has 3 saturated heterocycles. The second kappa shape index (κ2) is 20.0. The number of aliphatic imine (C=N–C) groups is 1. The van der Waals surface area contributed by atoms with Crippen LogP contribution in [0.5, 0.6) is 0 Å². The van der Waals surface area contributed by atoms with Gasteiger partial charge in [0.1, 0.15) is 36.0 Å². The maximum Gasteiger partial charge on any atom is 0.316 e. The zero-order chi connectivity index (χ0) is 44.1. The lowest BCUT2D eigenvalue weighted by Crippen LogP contribution is -2.59. The van der Waals surface area contributed by atoms with Crippen molar-refractivity contribution < 1.29 is 57.9 Å². The Balaban J connectivity index is 1.58. The molecular weight excluding hydrogens is 776 g/mol. The number of esters is 1. The van der Waals surface area contributed by atoms with Crippen molar-refractivity contribution >= 4 is 35.0 Å². The van der Waals surface area contributed by atoms with E-state index in [2.05, 4.69) is 15.5 Å². The van der Waals surface area contributed by atoms with Crippen LogP contribution in [0.4, 0.5) is 0 Å². The van der Waals surface area contributed by atoms with Crippen LogP contribution in [0.15, 0.2) is 34.4 Å². The Morgan fingerprint density at radius 2 is 1.73 bits per heavy atom. The monoisotopic (exact) mass is 842 g/mol. The van der Waals surface area contributed by atoms with Crippen molar-refractivity contribution in [1.82, 2.24) is 10.2 Å². The molecule has 1 aromatic carbocycles. The SMILES string of the molecule is CC[C@@H]1OC(=O)[C@H](C)C(=O)[C@H](C)[C@@H](O[C@@H]2O[C@H](C)C[C@H](N(C)C)[C@H]2O)[C@@]2(C)C[C@@H](C)C(=NC(C)=O)C[C@H](OC/C(=N/OCc3ccc(C(=O)NC4CC4)cc3)CO2)[C@]1(C)O. The topological polar surface area (TPSA) is 204 Å². The van der Waals surface area contributed by atoms with Gasteiger partial charge in [0.25, 0.3) is 5.91 Å². The molecule has 4 fully saturated rings. The van der Waals surface area contributed by atoms with Crippen molar-refractivity contribution in [3.8, 4) is 0 Å². The number of carbonyl (C=O) groups is 4. The Labute approximate surface area is 353 Å². The Kier molecular flexibility index (Phi) is 15.8. The molecule has 16 heteroatoms. The summed E-state index contributed by atoms with van der Waals surface area (Å²) in [6.45, 7) is 12.9. The van der Waals surface area contributed by atoms with E-state index >= 15 is 0 Å². The second-order valence-corrected chi connectivity index (χ2v) is 17.8.